The number of para-hydroxylation sites is 1. The van der Waals surface area contributed by atoms with Crippen molar-refractivity contribution in [1.29, 1.82) is 0 Å². The molecule has 0 amide bonds. The molecular formula is C17H12N4. The summed E-state index contributed by atoms with van der Waals surface area (Å²) in [5, 5.41) is 1.01. The van der Waals surface area contributed by atoms with E-state index >= 15 is 0 Å². The second-order valence-electron chi connectivity index (χ2n) is 4.72. The lowest BCUT2D eigenvalue weighted by Gasteiger charge is -2.09. The van der Waals surface area contributed by atoms with Crippen molar-refractivity contribution in [2.24, 2.45) is 0 Å². The Morgan fingerprint density at radius 2 is 1.62 bits per heavy atom. The van der Waals surface area contributed by atoms with E-state index in [0.29, 0.717) is 0 Å². The van der Waals surface area contributed by atoms with Crippen LogP contribution in [0.15, 0.2) is 73.3 Å². The summed E-state index contributed by atoms with van der Waals surface area (Å²) in [4.78, 5) is 13.5. The highest BCUT2D eigenvalue weighted by atomic mass is 15.1. The van der Waals surface area contributed by atoms with E-state index in [1.54, 1.807) is 12.5 Å². The molecule has 4 nitrogen and oxygen atoms in total. The molecule has 0 radical (unpaired) electrons. The van der Waals surface area contributed by atoms with Gasteiger partial charge in [-0.25, -0.2) is 15.0 Å². The average molecular weight is 272 g/mol. The Labute approximate surface area is 121 Å². The molecule has 4 heteroatoms. The molecule has 2 aromatic heterocycles. The summed E-state index contributed by atoms with van der Waals surface area (Å²) in [7, 11) is 0. The highest BCUT2D eigenvalue weighted by molar-refractivity contribution is 5.87. The molecule has 2 heterocycles. The average Bonchev–Trinajstić information content (AvgIpc) is 3.09. The predicted molar refractivity (Wildman–Crippen MR) is 82.1 cm³/mol. The van der Waals surface area contributed by atoms with Gasteiger partial charge in [0.2, 0.25) is 0 Å². The molecule has 0 bridgehead atoms. The Morgan fingerprint density at radius 3 is 2.43 bits per heavy atom. The first-order valence-electron chi connectivity index (χ1n) is 6.72. The topological polar surface area (TPSA) is 43.6 Å². The number of hydrogen-bond donors (Lipinski definition) is 0. The zero-order valence-corrected chi connectivity index (χ0v) is 11.2. The summed E-state index contributed by atoms with van der Waals surface area (Å²) >= 11 is 0. The second kappa shape index (κ2) is 4.83. The summed E-state index contributed by atoms with van der Waals surface area (Å²) in [6.07, 6.45) is 5.40. The van der Waals surface area contributed by atoms with Crippen LogP contribution in [0.2, 0.25) is 0 Å². The first-order chi connectivity index (χ1) is 10.4. The minimum atomic E-state index is 0.720. The maximum absolute atomic E-state index is 4.73. The summed E-state index contributed by atoms with van der Waals surface area (Å²) in [6.45, 7) is 0. The van der Waals surface area contributed by atoms with Crippen LogP contribution >= 0.6 is 0 Å². The lowest BCUT2D eigenvalue weighted by Crippen LogP contribution is -2.00. The van der Waals surface area contributed by atoms with Gasteiger partial charge in [0.25, 0.3) is 0 Å². The summed E-state index contributed by atoms with van der Waals surface area (Å²) < 4.78 is 1.91. The van der Waals surface area contributed by atoms with Gasteiger partial charge in [-0.2, -0.15) is 0 Å². The molecule has 2 aromatic carbocycles. The summed E-state index contributed by atoms with van der Waals surface area (Å²) in [5.41, 5.74) is 1.93. The fourth-order valence-corrected chi connectivity index (χ4v) is 2.36. The first kappa shape index (κ1) is 11.8. The van der Waals surface area contributed by atoms with Crippen molar-refractivity contribution >= 4 is 10.9 Å². The van der Waals surface area contributed by atoms with Gasteiger partial charge in [0.15, 0.2) is 5.82 Å². The van der Waals surface area contributed by atoms with E-state index in [4.69, 9.17) is 4.98 Å². The van der Waals surface area contributed by atoms with E-state index in [1.807, 2.05) is 65.4 Å². The van der Waals surface area contributed by atoms with Crippen molar-refractivity contribution in [3.63, 3.8) is 0 Å². The Bertz CT molecular complexity index is 883. The lowest BCUT2D eigenvalue weighted by molar-refractivity contribution is 0.997. The number of imidazole rings is 1. The van der Waals surface area contributed by atoms with Gasteiger partial charge in [-0.15, -0.1) is 0 Å². The summed E-state index contributed by atoms with van der Waals surface area (Å²) in [6, 6.07) is 18.0. The third kappa shape index (κ3) is 2.07. The number of hydrogen-bond acceptors (Lipinski definition) is 3. The normalized spacial score (nSPS) is 10.9. The van der Waals surface area contributed by atoms with E-state index in [1.165, 1.54) is 0 Å². The zero-order valence-electron chi connectivity index (χ0n) is 11.2. The SMILES string of the molecule is c1ccc(-c2nc(-n3ccnc3)c3ccccc3n2)cc1. The third-order valence-electron chi connectivity index (χ3n) is 3.36. The van der Waals surface area contributed by atoms with Crippen LogP contribution < -0.4 is 0 Å². The molecular weight excluding hydrogens is 260 g/mol. The fraction of sp³-hybridized carbons (Fsp3) is 0. The number of nitrogens with zero attached hydrogens (tertiary/aromatic N) is 4. The molecule has 0 aliphatic heterocycles. The van der Waals surface area contributed by atoms with Gasteiger partial charge < -0.3 is 0 Å². The van der Waals surface area contributed by atoms with Gasteiger partial charge in [0, 0.05) is 23.3 Å². The van der Waals surface area contributed by atoms with Gasteiger partial charge >= 0.3 is 0 Å². The van der Waals surface area contributed by atoms with Crippen LogP contribution in [-0.4, -0.2) is 19.5 Å². The van der Waals surface area contributed by atoms with Crippen LogP contribution in [0.1, 0.15) is 0 Å². The van der Waals surface area contributed by atoms with Crippen LogP contribution in [0.5, 0.6) is 0 Å². The van der Waals surface area contributed by atoms with Gasteiger partial charge in [-0.1, -0.05) is 42.5 Å². The monoisotopic (exact) mass is 272 g/mol. The summed E-state index contributed by atoms with van der Waals surface area (Å²) in [5.74, 6) is 1.56. The molecule has 0 unspecified atom stereocenters. The molecule has 0 fully saturated rings. The molecule has 100 valence electrons. The van der Waals surface area contributed by atoms with Gasteiger partial charge in [-0.3, -0.25) is 4.57 Å². The van der Waals surface area contributed by atoms with Crippen molar-refractivity contribution < 1.29 is 0 Å². The van der Waals surface area contributed by atoms with Gasteiger partial charge in [-0.05, 0) is 12.1 Å². The van der Waals surface area contributed by atoms with Crippen molar-refractivity contribution in [1.82, 2.24) is 19.5 Å². The minimum Gasteiger partial charge on any atom is -0.290 e. The molecule has 0 spiro atoms. The Hall–Kier alpha value is -3.01. The van der Waals surface area contributed by atoms with Crippen LogP contribution in [-0.2, 0) is 0 Å². The number of rotatable bonds is 2. The lowest BCUT2D eigenvalue weighted by atomic mass is 10.2. The van der Waals surface area contributed by atoms with Crippen molar-refractivity contribution in [2.75, 3.05) is 0 Å². The molecule has 21 heavy (non-hydrogen) atoms. The van der Waals surface area contributed by atoms with Crippen LogP contribution in [0.25, 0.3) is 28.1 Å². The van der Waals surface area contributed by atoms with Crippen LogP contribution in [0.4, 0.5) is 0 Å². The number of fused-ring (bicyclic) bond motifs is 1. The van der Waals surface area contributed by atoms with Crippen LogP contribution in [0.3, 0.4) is 0 Å². The predicted octanol–water partition coefficient (Wildman–Crippen LogP) is 3.48. The van der Waals surface area contributed by atoms with E-state index in [2.05, 4.69) is 9.97 Å². The van der Waals surface area contributed by atoms with E-state index < -0.39 is 0 Å². The molecule has 4 rings (SSSR count). The van der Waals surface area contributed by atoms with Gasteiger partial charge in [0.1, 0.15) is 12.1 Å². The Kier molecular flexibility index (Phi) is 2.71. The highest BCUT2D eigenvalue weighted by Crippen LogP contribution is 2.23. The molecule has 0 atom stereocenters. The third-order valence-corrected chi connectivity index (χ3v) is 3.36. The Balaban J connectivity index is 2.03. The van der Waals surface area contributed by atoms with E-state index in [-0.39, 0.29) is 0 Å². The fourth-order valence-electron chi connectivity index (χ4n) is 2.36. The maximum atomic E-state index is 4.73. The van der Waals surface area contributed by atoms with Crippen molar-refractivity contribution in [3.8, 4) is 17.2 Å². The molecule has 0 N–H and O–H groups in total. The van der Waals surface area contributed by atoms with E-state index in [0.717, 1.165) is 28.1 Å². The smallest absolute Gasteiger partial charge is 0.162 e. The molecule has 0 saturated heterocycles. The molecule has 0 aliphatic carbocycles. The molecule has 0 aliphatic rings. The highest BCUT2D eigenvalue weighted by Gasteiger charge is 2.10. The van der Waals surface area contributed by atoms with Gasteiger partial charge in [0.05, 0.1) is 5.52 Å². The van der Waals surface area contributed by atoms with Crippen molar-refractivity contribution in [3.05, 3.63) is 73.3 Å². The number of aromatic nitrogens is 4. The quantitative estimate of drug-likeness (QED) is 0.561. The largest absolute Gasteiger partial charge is 0.290 e. The number of benzene rings is 2. The molecule has 0 saturated carbocycles. The standard InChI is InChI=1S/C17H12N4/c1-2-6-13(7-3-1)16-19-15-9-5-4-8-14(15)17(20-16)21-11-10-18-12-21/h1-12H. The zero-order chi connectivity index (χ0) is 14.1. The maximum Gasteiger partial charge on any atom is 0.162 e. The van der Waals surface area contributed by atoms with E-state index in [9.17, 15) is 0 Å². The minimum absolute atomic E-state index is 0.720. The molecule has 4 aromatic rings. The van der Waals surface area contributed by atoms with Crippen molar-refractivity contribution in [2.45, 2.75) is 0 Å². The van der Waals surface area contributed by atoms with Crippen LogP contribution in [0, 0.1) is 0 Å². The Morgan fingerprint density at radius 1 is 0.810 bits per heavy atom. The second-order valence-corrected chi connectivity index (χ2v) is 4.72. The first-order valence-corrected chi connectivity index (χ1v) is 6.72.